The van der Waals surface area contributed by atoms with Crippen LogP contribution in [0.1, 0.15) is 37.1 Å². The van der Waals surface area contributed by atoms with Gasteiger partial charge in [0, 0.05) is 30.5 Å². The van der Waals surface area contributed by atoms with Crippen molar-refractivity contribution in [2.24, 2.45) is 5.92 Å². The minimum atomic E-state index is 0.834. The van der Waals surface area contributed by atoms with Crippen LogP contribution in [0.25, 0.3) is 0 Å². The lowest BCUT2D eigenvalue weighted by atomic mass is 9.97. The van der Waals surface area contributed by atoms with E-state index in [1.54, 1.807) is 0 Å². The number of hydrogen-bond acceptors (Lipinski definition) is 4. The third-order valence-corrected chi connectivity index (χ3v) is 4.14. The fraction of sp³-hybridized carbons (Fsp3) is 0.733. The van der Waals surface area contributed by atoms with Gasteiger partial charge >= 0.3 is 0 Å². The quantitative estimate of drug-likeness (QED) is 0.899. The molecule has 4 nitrogen and oxygen atoms in total. The average molecular weight is 260 g/mol. The maximum atomic E-state index is 4.57. The molecule has 2 heterocycles. The van der Waals surface area contributed by atoms with Gasteiger partial charge in [-0.15, -0.1) is 0 Å². The second kappa shape index (κ2) is 5.45. The normalized spacial score (nSPS) is 20.8. The molecule has 1 aromatic rings. The molecule has 0 radical (unpaired) electrons. The Labute approximate surface area is 115 Å². The van der Waals surface area contributed by atoms with E-state index in [4.69, 9.17) is 0 Å². The first-order chi connectivity index (χ1) is 9.20. The standard InChI is InChI=1S/C15H24N4/c1-11-9-12(2)18-15(17-11)19-7-5-13(6-8-19)10-16-14-3-4-14/h9,13-14,16H,3-8,10H2,1-2H3. The molecule has 1 aliphatic carbocycles. The van der Waals surface area contributed by atoms with Crippen LogP contribution in [0.4, 0.5) is 5.95 Å². The summed E-state index contributed by atoms with van der Waals surface area (Å²) in [6.45, 7) is 7.49. The lowest BCUT2D eigenvalue weighted by Gasteiger charge is -2.32. The minimum absolute atomic E-state index is 0.834. The van der Waals surface area contributed by atoms with Crippen molar-refractivity contribution in [1.82, 2.24) is 15.3 Å². The summed E-state index contributed by atoms with van der Waals surface area (Å²) in [4.78, 5) is 11.5. The largest absolute Gasteiger partial charge is 0.341 e. The van der Waals surface area contributed by atoms with E-state index in [1.165, 1.54) is 32.2 Å². The Morgan fingerprint density at radius 3 is 2.32 bits per heavy atom. The number of aryl methyl sites for hydroxylation is 2. The van der Waals surface area contributed by atoms with Gasteiger partial charge in [0.2, 0.25) is 5.95 Å². The van der Waals surface area contributed by atoms with E-state index in [0.717, 1.165) is 42.4 Å². The zero-order valence-electron chi connectivity index (χ0n) is 12.0. The fourth-order valence-electron chi connectivity index (χ4n) is 2.81. The van der Waals surface area contributed by atoms with Crippen LogP contribution in [0, 0.1) is 19.8 Å². The summed E-state index contributed by atoms with van der Waals surface area (Å²) in [6, 6.07) is 2.87. The maximum absolute atomic E-state index is 4.57. The molecule has 2 fully saturated rings. The fourth-order valence-corrected chi connectivity index (χ4v) is 2.81. The SMILES string of the molecule is Cc1cc(C)nc(N2CCC(CNC3CC3)CC2)n1. The molecule has 0 spiro atoms. The molecule has 1 saturated heterocycles. The summed E-state index contributed by atoms with van der Waals surface area (Å²) in [5.41, 5.74) is 2.14. The van der Waals surface area contributed by atoms with E-state index in [9.17, 15) is 0 Å². The lowest BCUT2D eigenvalue weighted by molar-refractivity contribution is 0.379. The van der Waals surface area contributed by atoms with Crippen molar-refractivity contribution >= 4 is 5.95 Å². The zero-order valence-corrected chi connectivity index (χ0v) is 12.0. The smallest absolute Gasteiger partial charge is 0.225 e. The van der Waals surface area contributed by atoms with Crippen LogP contribution in [-0.2, 0) is 0 Å². The van der Waals surface area contributed by atoms with E-state index in [1.807, 2.05) is 19.9 Å². The molecule has 0 bridgehead atoms. The summed E-state index contributed by atoms with van der Waals surface area (Å²) in [6.07, 6.45) is 5.29. The summed E-state index contributed by atoms with van der Waals surface area (Å²) in [7, 11) is 0. The minimum Gasteiger partial charge on any atom is -0.341 e. The molecule has 0 aromatic carbocycles. The van der Waals surface area contributed by atoms with E-state index < -0.39 is 0 Å². The van der Waals surface area contributed by atoms with Crippen LogP contribution >= 0.6 is 0 Å². The van der Waals surface area contributed by atoms with Crippen molar-refractivity contribution in [1.29, 1.82) is 0 Å². The van der Waals surface area contributed by atoms with Gasteiger partial charge in [-0.05, 0) is 58.1 Å². The van der Waals surface area contributed by atoms with E-state index in [-0.39, 0.29) is 0 Å². The highest BCUT2D eigenvalue weighted by atomic mass is 15.3. The molecule has 104 valence electrons. The van der Waals surface area contributed by atoms with Crippen molar-refractivity contribution in [2.75, 3.05) is 24.5 Å². The Kier molecular flexibility index (Phi) is 3.69. The van der Waals surface area contributed by atoms with Crippen molar-refractivity contribution in [3.8, 4) is 0 Å². The van der Waals surface area contributed by atoms with Gasteiger partial charge in [0.1, 0.15) is 0 Å². The molecule has 3 rings (SSSR count). The van der Waals surface area contributed by atoms with Crippen molar-refractivity contribution in [2.45, 2.75) is 45.6 Å². The number of aromatic nitrogens is 2. The van der Waals surface area contributed by atoms with Crippen molar-refractivity contribution in [3.05, 3.63) is 17.5 Å². The first kappa shape index (κ1) is 12.9. The van der Waals surface area contributed by atoms with Crippen LogP contribution in [0.5, 0.6) is 0 Å². The first-order valence-corrected chi connectivity index (χ1v) is 7.51. The monoisotopic (exact) mass is 260 g/mol. The van der Waals surface area contributed by atoms with Gasteiger partial charge < -0.3 is 10.2 Å². The Morgan fingerprint density at radius 1 is 1.11 bits per heavy atom. The van der Waals surface area contributed by atoms with E-state index >= 15 is 0 Å². The van der Waals surface area contributed by atoms with Crippen LogP contribution in [-0.4, -0.2) is 35.6 Å². The van der Waals surface area contributed by atoms with Gasteiger partial charge in [0.25, 0.3) is 0 Å². The Morgan fingerprint density at radius 2 is 1.74 bits per heavy atom. The predicted octanol–water partition coefficient (Wildman–Crippen LogP) is 2.06. The Bertz CT molecular complexity index is 414. The number of nitrogens with one attached hydrogen (secondary N) is 1. The molecule has 0 atom stereocenters. The molecule has 4 heteroatoms. The Balaban J connectivity index is 1.53. The van der Waals surface area contributed by atoms with Crippen LogP contribution in [0.3, 0.4) is 0 Å². The van der Waals surface area contributed by atoms with E-state index in [2.05, 4.69) is 20.2 Å². The maximum Gasteiger partial charge on any atom is 0.225 e. The van der Waals surface area contributed by atoms with Gasteiger partial charge in [-0.1, -0.05) is 0 Å². The summed E-state index contributed by atoms with van der Waals surface area (Å²) in [5, 5.41) is 3.65. The van der Waals surface area contributed by atoms with Crippen molar-refractivity contribution in [3.63, 3.8) is 0 Å². The Hall–Kier alpha value is -1.16. The number of hydrogen-bond donors (Lipinski definition) is 1. The molecule has 19 heavy (non-hydrogen) atoms. The summed E-state index contributed by atoms with van der Waals surface area (Å²) >= 11 is 0. The lowest BCUT2D eigenvalue weighted by Crippen LogP contribution is -2.38. The van der Waals surface area contributed by atoms with Gasteiger partial charge in [-0.25, -0.2) is 9.97 Å². The van der Waals surface area contributed by atoms with Crippen molar-refractivity contribution < 1.29 is 0 Å². The average Bonchev–Trinajstić information content (AvgIpc) is 3.20. The number of piperidine rings is 1. The van der Waals surface area contributed by atoms with Crippen LogP contribution in [0.15, 0.2) is 6.07 Å². The molecule has 0 amide bonds. The molecule has 2 aliphatic rings. The highest BCUT2D eigenvalue weighted by Gasteiger charge is 2.25. The predicted molar refractivity (Wildman–Crippen MR) is 77.5 cm³/mol. The molecule has 1 saturated carbocycles. The van der Waals surface area contributed by atoms with Gasteiger partial charge in [-0.3, -0.25) is 0 Å². The summed E-state index contributed by atoms with van der Waals surface area (Å²) in [5.74, 6) is 1.76. The third-order valence-electron chi connectivity index (χ3n) is 4.14. The van der Waals surface area contributed by atoms with Crippen LogP contribution in [0.2, 0.25) is 0 Å². The molecule has 0 unspecified atom stereocenters. The second-order valence-corrected chi connectivity index (χ2v) is 6.06. The molecule has 1 N–H and O–H groups in total. The second-order valence-electron chi connectivity index (χ2n) is 6.06. The highest BCUT2D eigenvalue weighted by molar-refractivity contribution is 5.32. The zero-order chi connectivity index (χ0) is 13.2. The molecule has 1 aliphatic heterocycles. The highest BCUT2D eigenvalue weighted by Crippen LogP contribution is 2.23. The number of rotatable bonds is 4. The van der Waals surface area contributed by atoms with E-state index in [0.29, 0.717) is 0 Å². The number of nitrogens with zero attached hydrogens (tertiary/aromatic N) is 3. The van der Waals surface area contributed by atoms with Gasteiger partial charge in [0.05, 0.1) is 0 Å². The molecular formula is C15H24N4. The van der Waals surface area contributed by atoms with Gasteiger partial charge in [0.15, 0.2) is 0 Å². The molecular weight excluding hydrogens is 236 g/mol. The van der Waals surface area contributed by atoms with Crippen LogP contribution < -0.4 is 10.2 Å². The third kappa shape index (κ3) is 3.44. The summed E-state index contributed by atoms with van der Waals surface area (Å²) < 4.78 is 0. The topological polar surface area (TPSA) is 41.1 Å². The molecule has 1 aromatic heterocycles. The van der Waals surface area contributed by atoms with Gasteiger partial charge in [-0.2, -0.15) is 0 Å². The number of anilines is 1. The first-order valence-electron chi connectivity index (χ1n) is 7.51.